The number of halogens is 4. The van der Waals surface area contributed by atoms with Crippen LogP contribution in [-0.4, -0.2) is 6.71 Å². The van der Waals surface area contributed by atoms with Crippen LogP contribution in [0.1, 0.15) is 26.3 Å². The van der Waals surface area contributed by atoms with Crippen molar-refractivity contribution in [2.45, 2.75) is 26.2 Å². The predicted molar refractivity (Wildman–Crippen MR) is 388 cm³/mol. The Labute approximate surface area is 548 Å². The van der Waals surface area contributed by atoms with E-state index < -0.39 is 0 Å². The molecule has 0 radical (unpaired) electrons. The monoisotopic (exact) mass is 1310 g/mol. The maximum Gasteiger partial charge on any atom is 0.252 e. The molecule has 2 aliphatic heterocycles. The lowest BCUT2D eigenvalue weighted by Crippen LogP contribution is -2.61. The van der Waals surface area contributed by atoms with Crippen LogP contribution in [-0.2, 0) is 5.41 Å². The highest BCUT2D eigenvalue weighted by molar-refractivity contribution is 9.10. The van der Waals surface area contributed by atoms with Gasteiger partial charge in [0, 0.05) is 64.0 Å². The molecule has 89 heavy (non-hydrogen) atoms. The molecule has 13 aromatic carbocycles. The molecule has 13 aromatic rings. The molecule has 0 saturated carbocycles. The van der Waals surface area contributed by atoms with Crippen molar-refractivity contribution in [2.75, 3.05) is 9.80 Å². The number of benzene rings is 13. The summed E-state index contributed by atoms with van der Waals surface area (Å²) in [6.07, 6.45) is 0. The molecule has 7 heteroatoms. The van der Waals surface area contributed by atoms with Gasteiger partial charge < -0.3 is 9.80 Å². The molecular weight excluding hydrogens is 1250 g/mol. The predicted octanol–water partition coefficient (Wildman–Crippen LogP) is 23.2. The zero-order valence-corrected chi connectivity index (χ0v) is 53.9. The molecule has 2 aliphatic rings. The van der Waals surface area contributed by atoms with E-state index in [1.54, 1.807) is 0 Å². The van der Waals surface area contributed by atoms with Crippen molar-refractivity contribution in [3.05, 3.63) is 316 Å². The second-order valence-electron chi connectivity index (χ2n) is 24.2. The third-order valence-electron chi connectivity index (χ3n) is 17.6. The van der Waals surface area contributed by atoms with Crippen LogP contribution in [0.5, 0.6) is 0 Å². The minimum atomic E-state index is -0.333. The Morgan fingerprint density at radius 2 is 0.573 bits per heavy atom. The van der Waals surface area contributed by atoms with Gasteiger partial charge in [-0.2, -0.15) is 0 Å². The zero-order chi connectivity index (χ0) is 60.5. The Balaban J connectivity index is 1.07. The van der Waals surface area contributed by atoms with Gasteiger partial charge in [0.2, 0.25) is 0 Å². The van der Waals surface area contributed by atoms with Gasteiger partial charge in [0.15, 0.2) is 0 Å². The maximum absolute atomic E-state index is 7.44. The SMILES string of the molecule is CC(C)(C)c1cc2c3c(c1)N(c1c(-c4cccc(-c5ccccc5)c4)cc(Br)cc1-c1cccc(-c4ccccc4)c1)c1cc(Cl)ccc1B3c1ccc(Cl)cc1N2c1c(-c2cccc(-c3ccccc3)c2)cc(Br)cc1-c1cccc(-c2ccccc2)c1. The summed E-state index contributed by atoms with van der Waals surface area (Å²) in [5.74, 6) is 0. The highest BCUT2D eigenvalue weighted by Gasteiger charge is 2.46. The lowest BCUT2D eigenvalue weighted by atomic mass is 9.33. The smallest absolute Gasteiger partial charge is 0.252 e. The van der Waals surface area contributed by atoms with Crippen molar-refractivity contribution in [1.29, 1.82) is 0 Å². The second kappa shape index (κ2) is 23.2. The molecule has 0 spiro atoms. The quantitative estimate of drug-likeness (QED) is 0.126. The molecule has 0 aromatic heterocycles. The van der Waals surface area contributed by atoms with Crippen LogP contribution in [0.4, 0.5) is 34.1 Å². The molecule has 0 N–H and O–H groups in total. The number of hydrogen-bond donors (Lipinski definition) is 0. The van der Waals surface area contributed by atoms with E-state index in [1.807, 2.05) is 0 Å². The van der Waals surface area contributed by atoms with Gasteiger partial charge in [-0.1, -0.05) is 282 Å². The molecule has 0 aliphatic carbocycles. The fourth-order valence-corrected chi connectivity index (χ4v) is 14.6. The average molecular weight is 1310 g/mol. The molecule has 426 valence electrons. The third kappa shape index (κ3) is 10.5. The third-order valence-corrected chi connectivity index (χ3v) is 19.0. The van der Waals surface area contributed by atoms with Crippen LogP contribution in [0.15, 0.2) is 300 Å². The minimum Gasteiger partial charge on any atom is -0.310 e. The fourth-order valence-electron chi connectivity index (χ4n) is 13.4. The lowest BCUT2D eigenvalue weighted by Gasteiger charge is -2.46. The number of nitrogens with zero attached hydrogens (tertiary/aromatic N) is 2. The van der Waals surface area contributed by atoms with Gasteiger partial charge in [0.1, 0.15) is 0 Å². The molecule has 0 atom stereocenters. The summed E-state index contributed by atoms with van der Waals surface area (Å²) in [6.45, 7) is 6.75. The Hall–Kier alpha value is -8.94. The number of anilines is 6. The molecule has 2 heterocycles. The largest absolute Gasteiger partial charge is 0.310 e. The highest BCUT2D eigenvalue weighted by atomic mass is 79.9. The highest BCUT2D eigenvalue weighted by Crippen LogP contribution is 2.55. The first-order valence-electron chi connectivity index (χ1n) is 30.1. The van der Waals surface area contributed by atoms with Crippen LogP contribution in [0, 0.1) is 0 Å². The van der Waals surface area contributed by atoms with Gasteiger partial charge in [0.25, 0.3) is 6.71 Å². The Morgan fingerprint density at radius 1 is 0.292 bits per heavy atom. The van der Waals surface area contributed by atoms with Crippen LogP contribution in [0.3, 0.4) is 0 Å². The molecule has 15 rings (SSSR count). The molecule has 0 fully saturated rings. The van der Waals surface area contributed by atoms with Crippen molar-refractivity contribution >= 4 is 112 Å². The van der Waals surface area contributed by atoms with Crippen molar-refractivity contribution in [2.24, 2.45) is 0 Å². The molecule has 0 saturated heterocycles. The fraction of sp³-hybridized carbons (Fsp3) is 0.0488. The van der Waals surface area contributed by atoms with E-state index in [0.29, 0.717) is 10.0 Å². The van der Waals surface area contributed by atoms with Crippen molar-refractivity contribution in [1.82, 2.24) is 0 Å². The van der Waals surface area contributed by atoms with Gasteiger partial charge in [-0.05, 0) is 179 Å². The molecular formula is C82H57BBr2Cl2N2. The van der Waals surface area contributed by atoms with Gasteiger partial charge in [-0.3, -0.25) is 0 Å². The summed E-state index contributed by atoms with van der Waals surface area (Å²) in [6, 6.07) is 106. The summed E-state index contributed by atoms with van der Waals surface area (Å²) in [7, 11) is 0. The van der Waals surface area contributed by atoms with E-state index >= 15 is 0 Å². The summed E-state index contributed by atoms with van der Waals surface area (Å²) in [5.41, 5.74) is 28.2. The standard InChI is InChI=1S/C82H57BBr2Cl2N2/c1-82(2,3)64-44-77-79-78(45-64)89(81-71(62-34-18-30-58(42-62)54-24-12-6-13-25-54)48-66(85)49-72(81)63-35-19-31-59(43-63)55-26-14-7-15-27-55)76-51-68(87)37-39-74(76)83(79)73-38-36-67(86)50-75(73)88(77)80-69(60-32-16-28-56(40-60)52-20-8-4-9-21-52)46-65(84)47-70(80)61-33-17-29-57(41-61)53-22-10-5-11-23-53/h4-51H,1-3H3. The normalized spacial score (nSPS) is 12.4. The van der Waals surface area contributed by atoms with E-state index in [-0.39, 0.29) is 12.1 Å². The maximum atomic E-state index is 7.44. The average Bonchev–Trinajstić information content (AvgIpc) is 0.703. The van der Waals surface area contributed by atoms with Crippen LogP contribution in [0.25, 0.3) is 89.0 Å². The summed E-state index contributed by atoms with van der Waals surface area (Å²) in [5, 5.41) is 1.30. The number of hydrogen-bond acceptors (Lipinski definition) is 2. The van der Waals surface area contributed by atoms with Crippen LogP contribution < -0.4 is 26.2 Å². The van der Waals surface area contributed by atoms with Gasteiger partial charge in [-0.25, -0.2) is 0 Å². The van der Waals surface area contributed by atoms with Crippen molar-refractivity contribution in [3.63, 3.8) is 0 Å². The first-order valence-corrected chi connectivity index (χ1v) is 32.4. The van der Waals surface area contributed by atoms with Crippen molar-refractivity contribution in [3.8, 4) is 89.0 Å². The Kier molecular flexibility index (Phi) is 14.8. The Morgan fingerprint density at radius 3 is 0.865 bits per heavy atom. The first kappa shape index (κ1) is 56.6. The summed E-state index contributed by atoms with van der Waals surface area (Å²) < 4.78 is 1.93. The minimum absolute atomic E-state index is 0.239. The number of fused-ring (bicyclic) bond motifs is 4. The molecule has 0 unspecified atom stereocenters. The number of rotatable bonds is 10. The molecule has 2 nitrogen and oxygen atoms in total. The first-order chi connectivity index (χ1) is 43.4. The zero-order valence-electron chi connectivity index (χ0n) is 49.2. The Bertz CT molecular complexity index is 4390. The lowest BCUT2D eigenvalue weighted by molar-refractivity contribution is 0.590. The van der Waals surface area contributed by atoms with E-state index in [2.05, 4.69) is 354 Å². The van der Waals surface area contributed by atoms with Crippen LogP contribution in [0.2, 0.25) is 10.0 Å². The topological polar surface area (TPSA) is 6.48 Å². The van der Waals surface area contributed by atoms with E-state index in [0.717, 1.165) is 143 Å². The molecule has 0 amide bonds. The summed E-state index contributed by atoms with van der Waals surface area (Å²) in [4.78, 5) is 5.12. The van der Waals surface area contributed by atoms with E-state index in [9.17, 15) is 0 Å². The van der Waals surface area contributed by atoms with Crippen molar-refractivity contribution < 1.29 is 0 Å². The van der Waals surface area contributed by atoms with E-state index in [1.165, 1.54) is 11.0 Å². The summed E-state index contributed by atoms with van der Waals surface area (Å²) >= 11 is 23.1. The van der Waals surface area contributed by atoms with Crippen LogP contribution >= 0.6 is 55.1 Å². The van der Waals surface area contributed by atoms with E-state index in [4.69, 9.17) is 23.2 Å². The van der Waals surface area contributed by atoms with Gasteiger partial charge >= 0.3 is 0 Å². The van der Waals surface area contributed by atoms with Gasteiger partial charge in [-0.15, -0.1) is 0 Å². The van der Waals surface area contributed by atoms with Gasteiger partial charge in [0.05, 0.1) is 11.4 Å². The molecule has 0 bridgehead atoms. The second-order valence-corrected chi connectivity index (χ2v) is 26.9.